The van der Waals surface area contributed by atoms with E-state index in [4.69, 9.17) is 4.74 Å². The molecule has 1 aromatic carbocycles. The van der Waals surface area contributed by atoms with Crippen LogP contribution in [0.5, 0.6) is 0 Å². The molecule has 0 aromatic heterocycles. The van der Waals surface area contributed by atoms with Crippen molar-refractivity contribution in [3.8, 4) is 0 Å². The summed E-state index contributed by atoms with van der Waals surface area (Å²) < 4.78 is 6.13. The van der Waals surface area contributed by atoms with E-state index in [0.29, 0.717) is 24.6 Å². The molecule has 1 N–H and O–H groups in total. The molecule has 0 saturated heterocycles. The zero-order valence-electron chi connectivity index (χ0n) is 9.50. The van der Waals surface area contributed by atoms with Gasteiger partial charge in [0.15, 0.2) is 0 Å². The van der Waals surface area contributed by atoms with E-state index >= 15 is 0 Å². The van der Waals surface area contributed by atoms with Crippen LogP contribution in [0.3, 0.4) is 0 Å². The third-order valence-corrected chi connectivity index (χ3v) is 2.89. The Labute approximate surface area is 110 Å². The molecule has 1 aromatic rings. The monoisotopic (exact) mass is 333 g/mol. The van der Waals surface area contributed by atoms with Crippen LogP contribution in [0.4, 0.5) is 0 Å². The van der Waals surface area contributed by atoms with Crippen molar-refractivity contribution in [1.29, 1.82) is 0 Å². The summed E-state index contributed by atoms with van der Waals surface area (Å²) in [7, 11) is 1.66. The molecule has 0 heterocycles. The summed E-state index contributed by atoms with van der Waals surface area (Å²) in [6.45, 7) is 3.34. The maximum Gasteiger partial charge on any atom is 0.251 e. The fourth-order valence-electron chi connectivity index (χ4n) is 1.31. The third-order valence-electron chi connectivity index (χ3n) is 2.17. The van der Waals surface area contributed by atoms with Crippen LogP contribution in [0.25, 0.3) is 0 Å². The second kappa shape index (κ2) is 6.85. The van der Waals surface area contributed by atoms with E-state index in [-0.39, 0.29) is 5.91 Å². The molecule has 1 amide bonds. The minimum absolute atomic E-state index is 0.0284. The Balaban J connectivity index is 2.43. The SMILES string of the molecule is COCC(C)CNC(=O)c1ccc(I)cc1. The number of rotatable bonds is 5. The number of ether oxygens (including phenoxy) is 1. The van der Waals surface area contributed by atoms with Gasteiger partial charge in [-0.3, -0.25) is 4.79 Å². The maximum absolute atomic E-state index is 11.7. The van der Waals surface area contributed by atoms with E-state index < -0.39 is 0 Å². The molecule has 1 unspecified atom stereocenters. The second-order valence-corrected chi connectivity index (χ2v) is 5.02. The predicted octanol–water partition coefficient (Wildman–Crippen LogP) is 2.30. The Kier molecular flexibility index (Phi) is 5.76. The Morgan fingerprint density at radius 1 is 1.44 bits per heavy atom. The van der Waals surface area contributed by atoms with Gasteiger partial charge in [-0.25, -0.2) is 0 Å². The van der Waals surface area contributed by atoms with Crippen LogP contribution in [0.2, 0.25) is 0 Å². The van der Waals surface area contributed by atoms with Gasteiger partial charge >= 0.3 is 0 Å². The number of hydrogen-bond donors (Lipinski definition) is 1. The Morgan fingerprint density at radius 2 is 2.06 bits per heavy atom. The Morgan fingerprint density at radius 3 is 2.62 bits per heavy atom. The zero-order valence-corrected chi connectivity index (χ0v) is 11.7. The summed E-state index contributed by atoms with van der Waals surface area (Å²) in [6.07, 6.45) is 0. The Bertz CT molecular complexity index is 337. The summed E-state index contributed by atoms with van der Waals surface area (Å²) >= 11 is 2.21. The first-order chi connectivity index (χ1) is 7.63. The van der Waals surface area contributed by atoms with Gasteiger partial charge in [0.1, 0.15) is 0 Å². The van der Waals surface area contributed by atoms with Crippen LogP contribution in [0, 0.1) is 9.49 Å². The first-order valence-electron chi connectivity index (χ1n) is 5.16. The van der Waals surface area contributed by atoms with Crippen LogP contribution in [-0.4, -0.2) is 26.2 Å². The zero-order chi connectivity index (χ0) is 12.0. The van der Waals surface area contributed by atoms with E-state index in [1.165, 1.54) is 0 Å². The molecule has 88 valence electrons. The highest BCUT2D eigenvalue weighted by Gasteiger charge is 2.07. The maximum atomic E-state index is 11.7. The van der Waals surface area contributed by atoms with Gasteiger partial charge < -0.3 is 10.1 Å². The van der Waals surface area contributed by atoms with E-state index in [9.17, 15) is 4.79 Å². The van der Waals surface area contributed by atoms with Crippen molar-refractivity contribution in [1.82, 2.24) is 5.32 Å². The van der Waals surface area contributed by atoms with Crippen molar-refractivity contribution in [2.75, 3.05) is 20.3 Å². The normalized spacial score (nSPS) is 12.2. The largest absolute Gasteiger partial charge is 0.384 e. The molecule has 1 atom stereocenters. The summed E-state index contributed by atoms with van der Waals surface area (Å²) in [5, 5.41) is 2.88. The predicted molar refractivity (Wildman–Crippen MR) is 72.5 cm³/mol. The molecule has 0 bridgehead atoms. The van der Waals surface area contributed by atoms with Crippen molar-refractivity contribution in [2.24, 2.45) is 5.92 Å². The molecule has 0 fully saturated rings. The first-order valence-corrected chi connectivity index (χ1v) is 6.24. The first kappa shape index (κ1) is 13.4. The van der Waals surface area contributed by atoms with Crippen molar-refractivity contribution >= 4 is 28.5 Å². The third kappa shape index (κ3) is 4.49. The molecule has 0 aliphatic heterocycles. The molecule has 16 heavy (non-hydrogen) atoms. The molecule has 4 heteroatoms. The van der Waals surface area contributed by atoms with E-state index in [1.807, 2.05) is 31.2 Å². The van der Waals surface area contributed by atoms with Gasteiger partial charge in [0.2, 0.25) is 0 Å². The molecule has 0 spiro atoms. The standard InChI is InChI=1S/C12H16INO2/c1-9(8-16-2)7-14-12(15)10-3-5-11(13)6-4-10/h3-6,9H,7-8H2,1-2H3,(H,14,15). The number of methoxy groups -OCH3 is 1. The number of amides is 1. The number of hydrogen-bond acceptors (Lipinski definition) is 2. The van der Waals surface area contributed by atoms with Gasteiger partial charge in [-0.05, 0) is 52.8 Å². The van der Waals surface area contributed by atoms with Crippen molar-refractivity contribution < 1.29 is 9.53 Å². The van der Waals surface area contributed by atoms with Gasteiger partial charge in [-0.2, -0.15) is 0 Å². The smallest absolute Gasteiger partial charge is 0.251 e. The average molecular weight is 333 g/mol. The molecule has 0 aliphatic carbocycles. The lowest BCUT2D eigenvalue weighted by atomic mass is 10.2. The van der Waals surface area contributed by atoms with Gasteiger partial charge in [0, 0.05) is 22.8 Å². The van der Waals surface area contributed by atoms with E-state index in [0.717, 1.165) is 3.57 Å². The molecule has 3 nitrogen and oxygen atoms in total. The molecular weight excluding hydrogens is 317 g/mol. The van der Waals surface area contributed by atoms with Crippen molar-refractivity contribution in [2.45, 2.75) is 6.92 Å². The number of benzene rings is 1. The molecule has 0 saturated carbocycles. The van der Waals surface area contributed by atoms with Crippen LogP contribution in [-0.2, 0) is 4.74 Å². The number of nitrogens with one attached hydrogen (secondary N) is 1. The average Bonchev–Trinajstić information content (AvgIpc) is 2.27. The van der Waals surface area contributed by atoms with Crippen molar-refractivity contribution in [3.63, 3.8) is 0 Å². The molecular formula is C12H16INO2. The van der Waals surface area contributed by atoms with Gasteiger partial charge in [0.25, 0.3) is 5.91 Å². The molecule has 1 rings (SSSR count). The quantitative estimate of drug-likeness (QED) is 0.840. The lowest BCUT2D eigenvalue weighted by molar-refractivity contribution is 0.0934. The van der Waals surface area contributed by atoms with E-state index in [1.54, 1.807) is 7.11 Å². The minimum Gasteiger partial charge on any atom is -0.384 e. The fraction of sp³-hybridized carbons (Fsp3) is 0.417. The highest BCUT2D eigenvalue weighted by molar-refractivity contribution is 14.1. The summed E-state index contributed by atoms with van der Waals surface area (Å²) in [5.74, 6) is 0.303. The van der Waals surface area contributed by atoms with Crippen LogP contribution < -0.4 is 5.32 Å². The fourth-order valence-corrected chi connectivity index (χ4v) is 1.67. The van der Waals surface area contributed by atoms with Crippen LogP contribution >= 0.6 is 22.6 Å². The number of carbonyl (C=O) groups is 1. The molecule has 0 radical (unpaired) electrons. The second-order valence-electron chi connectivity index (χ2n) is 3.78. The highest BCUT2D eigenvalue weighted by Crippen LogP contribution is 2.06. The summed E-state index contributed by atoms with van der Waals surface area (Å²) in [5.41, 5.74) is 0.699. The number of carbonyl (C=O) groups excluding carboxylic acids is 1. The highest BCUT2D eigenvalue weighted by atomic mass is 127. The van der Waals surface area contributed by atoms with Crippen LogP contribution in [0.1, 0.15) is 17.3 Å². The lowest BCUT2D eigenvalue weighted by Gasteiger charge is -2.11. The van der Waals surface area contributed by atoms with Crippen LogP contribution in [0.15, 0.2) is 24.3 Å². The molecule has 0 aliphatic rings. The van der Waals surface area contributed by atoms with Gasteiger partial charge in [-0.15, -0.1) is 0 Å². The van der Waals surface area contributed by atoms with Crippen molar-refractivity contribution in [3.05, 3.63) is 33.4 Å². The lowest BCUT2D eigenvalue weighted by Crippen LogP contribution is -2.29. The van der Waals surface area contributed by atoms with E-state index in [2.05, 4.69) is 27.9 Å². The summed E-state index contributed by atoms with van der Waals surface area (Å²) in [6, 6.07) is 7.51. The number of halogens is 1. The Hall–Kier alpha value is -0.620. The van der Waals surface area contributed by atoms with Gasteiger partial charge in [0.05, 0.1) is 6.61 Å². The summed E-state index contributed by atoms with van der Waals surface area (Å²) in [4.78, 5) is 11.7. The van der Waals surface area contributed by atoms with Gasteiger partial charge in [-0.1, -0.05) is 6.92 Å². The topological polar surface area (TPSA) is 38.3 Å². The minimum atomic E-state index is -0.0284.